The maximum absolute atomic E-state index is 13.2. The second kappa shape index (κ2) is 9.63. The third-order valence-corrected chi connectivity index (χ3v) is 6.73. The van der Waals surface area contributed by atoms with Crippen molar-refractivity contribution >= 4 is 52.6 Å². The van der Waals surface area contributed by atoms with E-state index in [1.165, 1.54) is 19.5 Å². The first-order valence-electron chi connectivity index (χ1n) is 10.2. The molecule has 0 aliphatic heterocycles. The molecule has 0 aliphatic rings. The van der Waals surface area contributed by atoms with Crippen molar-refractivity contribution in [3.63, 3.8) is 0 Å². The summed E-state index contributed by atoms with van der Waals surface area (Å²) < 4.78 is 6.67. The van der Waals surface area contributed by atoms with E-state index in [-0.39, 0.29) is 25.6 Å². The van der Waals surface area contributed by atoms with Crippen molar-refractivity contribution in [2.45, 2.75) is 26.4 Å². The van der Waals surface area contributed by atoms with Crippen LogP contribution in [0.4, 0.5) is 10.6 Å². The fourth-order valence-electron chi connectivity index (χ4n) is 3.09. The minimum atomic E-state index is -0.898. The normalized spacial score (nSPS) is 11.5. The van der Waals surface area contributed by atoms with Gasteiger partial charge >= 0.3 is 207 Å². The molecule has 0 bridgehead atoms. The molecule has 0 saturated heterocycles. The molecule has 0 unspecified atom stereocenters. The van der Waals surface area contributed by atoms with Crippen LogP contribution in [0.3, 0.4) is 0 Å². The van der Waals surface area contributed by atoms with Gasteiger partial charge in [-0.2, -0.15) is 0 Å². The van der Waals surface area contributed by atoms with Crippen LogP contribution >= 0.6 is 11.6 Å². The fourth-order valence-corrected chi connectivity index (χ4v) is 4.94. The van der Waals surface area contributed by atoms with Gasteiger partial charge in [-0.05, 0) is 0 Å². The summed E-state index contributed by atoms with van der Waals surface area (Å²) in [5.41, 5.74) is 2.04. The zero-order valence-electron chi connectivity index (χ0n) is 18.9. The van der Waals surface area contributed by atoms with E-state index in [4.69, 9.17) is 16.3 Å². The molecule has 12 heteroatoms. The first-order chi connectivity index (χ1) is 16.1. The molecule has 0 aliphatic carbocycles. The number of aliphatic hydroxyl groups is 1. The average Bonchev–Trinajstić information content (AvgIpc) is 3.18. The van der Waals surface area contributed by atoms with Crippen LogP contribution in [0.2, 0.25) is 5.15 Å². The molecular formula is C22H22ClN7O3Se. The van der Waals surface area contributed by atoms with E-state index in [9.17, 15) is 9.90 Å². The first kappa shape index (κ1) is 24.0. The fraction of sp³-hybridized carbons (Fsp3) is 0.273. The molecule has 4 aromatic rings. The predicted octanol–water partition coefficient (Wildman–Crippen LogP) is 2.94. The number of nitrogens with one attached hydrogen (secondary N) is 2. The third-order valence-electron chi connectivity index (χ3n) is 4.68. The predicted molar refractivity (Wildman–Crippen MR) is 131 cm³/mol. The molecule has 0 fully saturated rings. The third kappa shape index (κ3) is 5.51. The summed E-state index contributed by atoms with van der Waals surface area (Å²) >= 11 is 5.79. The Morgan fingerprint density at radius 3 is 2.68 bits per heavy atom. The number of carbonyl (C=O) groups is 1. The number of pyridine rings is 2. The van der Waals surface area contributed by atoms with Gasteiger partial charge in [0.05, 0.1) is 0 Å². The Balaban J connectivity index is 1.63. The molecule has 176 valence electrons. The van der Waals surface area contributed by atoms with Gasteiger partial charge in [-0.15, -0.1) is 0 Å². The number of anilines is 2. The number of carbonyl (C=O) groups excluding carboxylic acids is 1. The zero-order valence-corrected chi connectivity index (χ0v) is 21.3. The van der Waals surface area contributed by atoms with Gasteiger partial charge in [-0.1, -0.05) is 0 Å². The summed E-state index contributed by atoms with van der Waals surface area (Å²) in [5.74, 6) is 0.525. The average molecular weight is 547 g/mol. The zero-order chi connectivity index (χ0) is 24.5. The number of nitrogens with zero attached hydrogens (tertiary/aromatic N) is 5. The maximum atomic E-state index is 13.2. The second-order valence-electron chi connectivity index (χ2n) is 8.10. The van der Waals surface area contributed by atoms with Crippen LogP contribution in [-0.4, -0.2) is 69.7 Å². The van der Waals surface area contributed by atoms with Crippen molar-refractivity contribution in [3.05, 3.63) is 47.1 Å². The van der Waals surface area contributed by atoms with Gasteiger partial charge in [0.15, 0.2) is 0 Å². The van der Waals surface area contributed by atoms with E-state index >= 15 is 0 Å². The van der Waals surface area contributed by atoms with Crippen LogP contribution in [-0.2, 0) is 0 Å². The Kier molecular flexibility index (Phi) is 6.81. The van der Waals surface area contributed by atoms with Gasteiger partial charge in [0.2, 0.25) is 0 Å². The van der Waals surface area contributed by atoms with Crippen LogP contribution in [0, 0.1) is 6.92 Å². The van der Waals surface area contributed by atoms with E-state index < -0.39 is 5.60 Å². The molecule has 0 radical (unpaired) electrons. The van der Waals surface area contributed by atoms with Crippen molar-refractivity contribution in [3.8, 4) is 16.9 Å². The summed E-state index contributed by atoms with van der Waals surface area (Å²) in [4.78, 5) is 34.8. The van der Waals surface area contributed by atoms with Crippen LogP contribution in [0.1, 0.15) is 29.9 Å². The molecular weight excluding hydrogens is 525 g/mol. The van der Waals surface area contributed by atoms with Crippen LogP contribution in [0.25, 0.3) is 21.0 Å². The Labute approximate surface area is 206 Å². The molecule has 3 N–H and O–H groups in total. The number of fused-ring (bicyclic) bond motifs is 1. The molecule has 4 aromatic heterocycles. The van der Waals surface area contributed by atoms with Crippen molar-refractivity contribution in [1.29, 1.82) is 0 Å². The Bertz CT molecular complexity index is 1370. The van der Waals surface area contributed by atoms with E-state index in [0.717, 1.165) is 10.1 Å². The summed E-state index contributed by atoms with van der Waals surface area (Å²) in [7, 11) is 1.53. The van der Waals surface area contributed by atoms with Gasteiger partial charge in [-0.25, -0.2) is 0 Å². The molecule has 0 saturated carbocycles. The van der Waals surface area contributed by atoms with Crippen molar-refractivity contribution in [1.82, 2.24) is 24.9 Å². The van der Waals surface area contributed by atoms with Gasteiger partial charge < -0.3 is 0 Å². The Morgan fingerprint density at radius 2 is 1.94 bits per heavy atom. The van der Waals surface area contributed by atoms with E-state index in [1.54, 1.807) is 32.2 Å². The van der Waals surface area contributed by atoms with Gasteiger partial charge in [-0.3, -0.25) is 0 Å². The van der Waals surface area contributed by atoms with Crippen molar-refractivity contribution in [2.24, 2.45) is 0 Å². The number of amides is 1. The quantitative estimate of drug-likeness (QED) is 0.236. The summed E-state index contributed by atoms with van der Waals surface area (Å²) in [6.45, 7) is 5.52. The summed E-state index contributed by atoms with van der Waals surface area (Å²) in [6, 6.07) is 3.45. The van der Waals surface area contributed by atoms with Crippen LogP contribution in [0.5, 0.6) is 5.75 Å². The first-order valence-corrected chi connectivity index (χ1v) is 12.3. The molecule has 0 aromatic carbocycles. The van der Waals surface area contributed by atoms with Crippen molar-refractivity contribution < 1.29 is 14.6 Å². The number of aromatic nitrogens is 5. The van der Waals surface area contributed by atoms with Crippen LogP contribution < -0.4 is 15.4 Å². The van der Waals surface area contributed by atoms with Gasteiger partial charge in [0.1, 0.15) is 0 Å². The monoisotopic (exact) mass is 547 g/mol. The SMILES string of the molecule is COc1cnc(Cl)cc1-c1cc(C)ncc1C(=O)Nc1nc2cnc(NCC(C)(C)O)nc2[se]1. The summed E-state index contributed by atoms with van der Waals surface area (Å²) in [6.07, 6.45) is 4.62. The number of aryl methyl sites for hydroxylation is 1. The number of halogens is 1. The standard InChI is InChI=1S/C22H22ClN7O3Se/c1-11-5-12(13-6-17(23)25-9-16(13)33-4)14(7-24-11)18(31)29-21-28-15-8-26-20(30-19(15)34-21)27-10-22(2,3)32/h5-9,32H,10H2,1-4H3,(H,26,27,30)(H,28,29,31). The molecule has 1 amide bonds. The second-order valence-corrected chi connectivity index (χ2v) is 10.5. The molecule has 10 nitrogen and oxygen atoms in total. The molecule has 4 rings (SSSR count). The molecule has 4 heterocycles. The van der Waals surface area contributed by atoms with Gasteiger partial charge in [0, 0.05) is 0 Å². The number of rotatable bonds is 7. The van der Waals surface area contributed by atoms with E-state index in [0.29, 0.717) is 45.1 Å². The number of hydrogen-bond donors (Lipinski definition) is 3. The number of ether oxygens (including phenoxy) is 1. The number of methoxy groups -OCH3 is 1. The summed E-state index contributed by atoms with van der Waals surface area (Å²) in [5, 5.41) is 16.1. The van der Waals surface area contributed by atoms with E-state index in [2.05, 4.69) is 35.6 Å². The topological polar surface area (TPSA) is 135 Å². The minimum absolute atomic E-state index is 0.281. The van der Waals surface area contributed by atoms with Crippen LogP contribution in [0.15, 0.2) is 30.7 Å². The molecule has 34 heavy (non-hydrogen) atoms. The van der Waals surface area contributed by atoms with Crippen molar-refractivity contribution in [2.75, 3.05) is 24.3 Å². The Morgan fingerprint density at radius 1 is 1.15 bits per heavy atom. The molecule has 0 atom stereocenters. The molecule has 0 spiro atoms. The Hall–Kier alpha value is -3.11. The van der Waals surface area contributed by atoms with Gasteiger partial charge in [0.25, 0.3) is 0 Å². The van der Waals surface area contributed by atoms with E-state index in [1.807, 2.05) is 6.92 Å². The number of hydrogen-bond acceptors (Lipinski definition) is 9.